The van der Waals surface area contributed by atoms with Crippen LogP contribution >= 0.6 is 0 Å². The fourth-order valence-corrected chi connectivity index (χ4v) is 5.20. The van der Waals surface area contributed by atoms with Gasteiger partial charge in [-0.25, -0.2) is 0 Å². The van der Waals surface area contributed by atoms with E-state index in [0.29, 0.717) is 43.7 Å². The van der Waals surface area contributed by atoms with Crippen LogP contribution < -0.4 is 10.2 Å². The summed E-state index contributed by atoms with van der Waals surface area (Å²) in [6.45, 7) is 4.63. The molecular formula is C20H27N3O4. The van der Waals surface area contributed by atoms with Gasteiger partial charge >= 0.3 is 0 Å². The summed E-state index contributed by atoms with van der Waals surface area (Å²) in [5.74, 6) is 1.85. The van der Waals surface area contributed by atoms with Gasteiger partial charge in [0, 0.05) is 31.3 Å². The number of fused-ring (bicyclic) bond motifs is 2. The van der Waals surface area contributed by atoms with Gasteiger partial charge in [0.25, 0.3) is 11.6 Å². The number of nitrogens with one attached hydrogen (secondary N) is 1. The fourth-order valence-electron chi connectivity index (χ4n) is 5.20. The summed E-state index contributed by atoms with van der Waals surface area (Å²) in [5.41, 5.74) is 1.09. The van der Waals surface area contributed by atoms with Crippen LogP contribution in [-0.4, -0.2) is 43.2 Å². The maximum Gasteiger partial charge on any atom is 0.270 e. The van der Waals surface area contributed by atoms with Crippen LogP contribution in [0.4, 0.5) is 11.4 Å². The molecule has 7 heteroatoms. The third-order valence-electron chi connectivity index (χ3n) is 6.58. The van der Waals surface area contributed by atoms with E-state index in [9.17, 15) is 14.9 Å². The van der Waals surface area contributed by atoms with Crippen LogP contribution in [0.1, 0.15) is 43.0 Å². The van der Waals surface area contributed by atoms with E-state index in [1.807, 2.05) is 0 Å². The second-order valence-corrected chi connectivity index (χ2v) is 8.16. The van der Waals surface area contributed by atoms with Gasteiger partial charge in [-0.05, 0) is 50.0 Å². The lowest BCUT2D eigenvalue weighted by molar-refractivity contribution is -0.384. The predicted molar refractivity (Wildman–Crippen MR) is 102 cm³/mol. The van der Waals surface area contributed by atoms with Crippen LogP contribution in [0.3, 0.4) is 0 Å². The Hall–Kier alpha value is -2.15. The molecule has 3 aliphatic rings. The van der Waals surface area contributed by atoms with Gasteiger partial charge in [-0.2, -0.15) is 0 Å². The lowest BCUT2D eigenvalue weighted by Gasteiger charge is -2.31. The van der Waals surface area contributed by atoms with Gasteiger partial charge in [-0.1, -0.05) is 6.42 Å². The summed E-state index contributed by atoms with van der Waals surface area (Å²) >= 11 is 0. The number of nitro benzene ring substituents is 1. The minimum absolute atomic E-state index is 0.0512. The summed E-state index contributed by atoms with van der Waals surface area (Å²) in [6, 6.07) is 4.67. The second kappa shape index (κ2) is 7.46. The zero-order valence-electron chi connectivity index (χ0n) is 15.7. The van der Waals surface area contributed by atoms with E-state index in [2.05, 4.69) is 17.1 Å². The molecule has 0 radical (unpaired) electrons. The van der Waals surface area contributed by atoms with Crippen molar-refractivity contribution in [2.24, 2.45) is 17.8 Å². The standard InChI is InChI=1S/C20H27N3O4/c1-13(17-11-14-2-3-15(17)10-14)21-20(24)18-12-16(23(25)26)4-5-19(18)22-6-8-27-9-7-22/h4-5,12-15,17H,2-3,6-11H2,1H3,(H,21,24)/t13-,14+,15+,17-/m1/s1. The third kappa shape index (κ3) is 3.65. The minimum atomic E-state index is -0.445. The number of carbonyl (C=O) groups excluding carboxylic acids is 1. The number of carbonyl (C=O) groups is 1. The molecule has 1 heterocycles. The van der Waals surface area contributed by atoms with Crippen LogP contribution in [0.5, 0.6) is 0 Å². The number of ether oxygens (including phenoxy) is 1. The Kier molecular flexibility index (Phi) is 5.04. The molecule has 1 saturated heterocycles. The van der Waals surface area contributed by atoms with Crippen molar-refractivity contribution in [1.82, 2.24) is 5.32 Å². The third-order valence-corrected chi connectivity index (χ3v) is 6.58. The molecule has 2 saturated carbocycles. The number of hydrogen-bond acceptors (Lipinski definition) is 5. The van der Waals surface area contributed by atoms with Crippen molar-refractivity contribution in [2.45, 2.75) is 38.6 Å². The molecule has 3 fully saturated rings. The first-order chi connectivity index (χ1) is 13.0. The number of amides is 1. The molecule has 7 nitrogen and oxygen atoms in total. The molecule has 1 aromatic carbocycles. The van der Waals surface area contributed by atoms with Crippen LogP contribution in [-0.2, 0) is 4.74 Å². The molecule has 146 valence electrons. The molecule has 4 atom stereocenters. The number of nitro groups is 1. The lowest BCUT2D eigenvalue weighted by Crippen LogP contribution is -2.42. The van der Waals surface area contributed by atoms with E-state index in [4.69, 9.17) is 4.74 Å². The van der Waals surface area contributed by atoms with Crippen molar-refractivity contribution in [1.29, 1.82) is 0 Å². The monoisotopic (exact) mass is 373 g/mol. The highest BCUT2D eigenvalue weighted by atomic mass is 16.6. The topological polar surface area (TPSA) is 84.7 Å². The van der Waals surface area contributed by atoms with Crippen molar-refractivity contribution in [3.05, 3.63) is 33.9 Å². The Balaban J connectivity index is 1.55. The molecule has 0 aromatic heterocycles. The van der Waals surface area contributed by atoms with Crippen LogP contribution in [0.15, 0.2) is 18.2 Å². The molecule has 0 spiro atoms. The van der Waals surface area contributed by atoms with Gasteiger partial charge in [-0.15, -0.1) is 0 Å². The molecule has 1 aromatic rings. The zero-order chi connectivity index (χ0) is 19.0. The first-order valence-electron chi connectivity index (χ1n) is 9.95. The highest BCUT2D eigenvalue weighted by Gasteiger charge is 2.42. The molecule has 2 aliphatic carbocycles. The summed E-state index contributed by atoms with van der Waals surface area (Å²) in [6.07, 6.45) is 5.08. The molecular weight excluding hydrogens is 346 g/mol. The Morgan fingerprint density at radius 1 is 1.30 bits per heavy atom. The molecule has 4 rings (SSSR count). The van der Waals surface area contributed by atoms with Crippen molar-refractivity contribution in [3.8, 4) is 0 Å². The molecule has 1 amide bonds. The van der Waals surface area contributed by atoms with Gasteiger partial charge in [0.2, 0.25) is 0 Å². The van der Waals surface area contributed by atoms with Gasteiger partial charge in [0.05, 0.1) is 29.4 Å². The fraction of sp³-hybridized carbons (Fsp3) is 0.650. The minimum Gasteiger partial charge on any atom is -0.378 e. The quantitative estimate of drug-likeness (QED) is 0.633. The highest BCUT2D eigenvalue weighted by molar-refractivity contribution is 6.00. The number of rotatable bonds is 5. The highest BCUT2D eigenvalue weighted by Crippen LogP contribution is 2.49. The zero-order valence-corrected chi connectivity index (χ0v) is 15.7. The molecule has 1 aliphatic heterocycles. The van der Waals surface area contributed by atoms with E-state index in [1.54, 1.807) is 6.07 Å². The molecule has 1 N–H and O–H groups in total. The predicted octanol–water partition coefficient (Wildman–Crippen LogP) is 2.99. The Morgan fingerprint density at radius 3 is 2.70 bits per heavy atom. The Morgan fingerprint density at radius 2 is 2.07 bits per heavy atom. The van der Waals surface area contributed by atoms with E-state index >= 15 is 0 Å². The molecule has 27 heavy (non-hydrogen) atoms. The van der Waals surface area contributed by atoms with Crippen molar-refractivity contribution >= 4 is 17.3 Å². The van der Waals surface area contributed by atoms with Crippen LogP contribution in [0.25, 0.3) is 0 Å². The van der Waals surface area contributed by atoms with E-state index in [0.717, 1.165) is 11.6 Å². The summed E-state index contributed by atoms with van der Waals surface area (Å²) in [7, 11) is 0. The van der Waals surface area contributed by atoms with Crippen molar-refractivity contribution in [3.63, 3.8) is 0 Å². The van der Waals surface area contributed by atoms with E-state index < -0.39 is 4.92 Å². The average Bonchev–Trinajstić information content (AvgIpc) is 3.31. The SMILES string of the molecule is C[C@@H](NC(=O)c1cc([N+](=O)[O-])ccc1N1CCOCC1)[C@H]1C[C@H]2CC[C@H]1C2. The summed E-state index contributed by atoms with van der Waals surface area (Å²) in [4.78, 5) is 25.9. The number of hydrogen-bond donors (Lipinski definition) is 1. The van der Waals surface area contributed by atoms with Crippen LogP contribution in [0.2, 0.25) is 0 Å². The summed E-state index contributed by atoms with van der Waals surface area (Å²) in [5, 5.41) is 14.4. The van der Waals surface area contributed by atoms with Gasteiger partial charge in [-0.3, -0.25) is 14.9 Å². The number of non-ortho nitro benzene ring substituents is 1. The van der Waals surface area contributed by atoms with Crippen LogP contribution in [0, 0.1) is 27.9 Å². The molecule has 2 bridgehead atoms. The van der Waals surface area contributed by atoms with Crippen molar-refractivity contribution in [2.75, 3.05) is 31.2 Å². The number of morpholine rings is 1. The maximum absolute atomic E-state index is 13.1. The van der Waals surface area contributed by atoms with Gasteiger partial charge in [0.15, 0.2) is 0 Å². The Bertz CT molecular complexity index is 732. The number of anilines is 1. The normalized spacial score (nSPS) is 28.2. The Labute approximate surface area is 159 Å². The first kappa shape index (κ1) is 18.2. The largest absolute Gasteiger partial charge is 0.378 e. The second-order valence-electron chi connectivity index (χ2n) is 8.16. The van der Waals surface area contributed by atoms with Crippen molar-refractivity contribution < 1.29 is 14.5 Å². The smallest absolute Gasteiger partial charge is 0.270 e. The number of nitrogens with zero attached hydrogens (tertiary/aromatic N) is 2. The van der Waals surface area contributed by atoms with E-state index in [-0.39, 0.29) is 17.6 Å². The lowest BCUT2D eigenvalue weighted by atomic mass is 9.84. The van der Waals surface area contributed by atoms with Gasteiger partial charge in [0.1, 0.15) is 0 Å². The van der Waals surface area contributed by atoms with Gasteiger partial charge < -0.3 is 15.0 Å². The number of benzene rings is 1. The average molecular weight is 373 g/mol. The van der Waals surface area contributed by atoms with E-state index in [1.165, 1.54) is 37.8 Å². The molecule has 0 unspecified atom stereocenters. The first-order valence-corrected chi connectivity index (χ1v) is 9.95. The summed E-state index contributed by atoms with van der Waals surface area (Å²) < 4.78 is 5.39. The maximum atomic E-state index is 13.1.